The Bertz CT molecular complexity index is 443. The summed E-state index contributed by atoms with van der Waals surface area (Å²) in [6.45, 7) is 0.573. The van der Waals surface area contributed by atoms with Crippen LogP contribution in [0.2, 0.25) is 0 Å². The number of benzene rings is 1. The number of anilines is 1. The SMILES string of the molecule is COC(=O)C1(CN(C)c2cccc(F)c2)CCC1. The molecule has 0 spiro atoms. The van der Waals surface area contributed by atoms with E-state index >= 15 is 0 Å². The first-order chi connectivity index (χ1) is 8.57. The number of methoxy groups -OCH3 is 1. The molecule has 1 aliphatic carbocycles. The van der Waals surface area contributed by atoms with Crippen molar-refractivity contribution in [3.05, 3.63) is 30.1 Å². The lowest BCUT2D eigenvalue weighted by Crippen LogP contribution is -2.47. The van der Waals surface area contributed by atoms with Gasteiger partial charge in [0.15, 0.2) is 0 Å². The summed E-state index contributed by atoms with van der Waals surface area (Å²) in [5.41, 5.74) is 0.376. The molecule has 4 heteroatoms. The second kappa shape index (κ2) is 4.96. The molecule has 0 atom stereocenters. The molecule has 0 radical (unpaired) electrons. The summed E-state index contributed by atoms with van der Waals surface area (Å²) in [7, 11) is 3.29. The van der Waals surface area contributed by atoms with E-state index in [1.165, 1.54) is 19.2 Å². The van der Waals surface area contributed by atoms with E-state index in [1.807, 2.05) is 18.0 Å². The third-order valence-corrected chi connectivity index (χ3v) is 3.72. The lowest BCUT2D eigenvalue weighted by Gasteiger charge is -2.41. The van der Waals surface area contributed by atoms with Gasteiger partial charge >= 0.3 is 5.97 Å². The van der Waals surface area contributed by atoms with Crippen molar-refractivity contribution in [3.63, 3.8) is 0 Å². The Morgan fingerprint density at radius 1 is 1.50 bits per heavy atom. The maximum absolute atomic E-state index is 13.2. The first-order valence-corrected chi connectivity index (χ1v) is 6.12. The number of nitrogens with zero attached hydrogens (tertiary/aromatic N) is 1. The number of halogens is 1. The zero-order valence-electron chi connectivity index (χ0n) is 10.8. The van der Waals surface area contributed by atoms with Crippen molar-refractivity contribution in [1.29, 1.82) is 0 Å². The van der Waals surface area contributed by atoms with Crippen LogP contribution in [0.15, 0.2) is 24.3 Å². The first-order valence-electron chi connectivity index (χ1n) is 6.12. The van der Waals surface area contributed by atoms with Crippen molar-refractivity contribution in [2.75, 3.05) is 25.6 Å². The van der Waals surface area contributed by atoms with Gasteiger partial charge in [-0.1, -0.05) is 12.5 Å². The van der Waals surface area contributed by atoms with E-state index in [0.717, 1.165) is 24.9 Å². The van der Waals surface area contributed by atoms with Crippen molar-refractivity contribution < 1.29 is 13.9 Å². The highest BCUT2D eigenvalue weighted by molar-refractivity contribution is 5.78. The van der Waals surface area contributed by atoms with Crippen LogP contribution in [0.1, 0.15) is 19.3 Å². The van der Waals surface area contributed by atoms with Crippen molar-refractivity contribution in [3.8, 4) is 0 Å². The molecule has 0 bridgehead atoms. The third kappa shape index (κ3) is 2.33. The van der Waals surface area contributed by atoms with Crippen LogP contribution >= 0.6 is 0 Å². The summed E-state index contributed by atoms with van der Waals surface area (Å²) in [5.74, 6) is -0.419. The molecule has 0 amide bonds. The van der Waals surface area contributed by atoms with E-state index in [9.17, 15) is 9.18 Å². The number of ether oxygens (including phenoxy) is 1. The Labute approximate surface area is 107 Å². The topological polar surface area (TPSA) is 29.5 Å². The first kappa shape index (κ1) is 12.9. The van der Waals surface area contributed by atoms with Gasteiger partial charge in [-0.3, -0.25) is 4.79 Å². The minimum Gasteiger partial charge on any atom is -0.469 e. The molecular weight excluding hydrogens is 233 g/mol. The van der Waals surface area contributed by atoms with Gasteiger partial charge in [0.2, 0.25) is 0 Å². The van der Waals surface area contributed by atoms with Gasteiger partial charge < -0.3 is 9.64 Å². The van der Waals surface area contributed by atoms with Crippen molar-refractivity contribution in [1.82, 2.24) is 0 Å². The molecular formula is C14H18FNO2. The average molecular weight is 251 g/mol. The Balaban J connectivity index is 2.11. The van der Waals surface area contributed by atoms with E-state index in [0.29, 0.717) is 6.54 Å². The Morgan fingerprint density at radius 2 is 2.22 bits per heavy atom. The second-order valence-electron chi connectivity index (χ2n) is 4.96. The highest BCUT2D eigenvalue weighted by atomic mass is 19.1. The summed E-state index contributed by atoms with van der Waals surface area (Å²) in [6, 6.07) is 6.40. The smallest absolute Gasteiger partial charge is 0.313 e. The third-order valence-electron chi connectivity index (χ3n) is 3.72. The Hall–Kier alpha value is -1.58. The van der Waals surface area contributed by atoms with Crippen LogP contribution in [0.3, 0.4) is 0 Å². The molecule has 98 valence electrons. The summed E-state index contributed by atoms with van der Waals surface area (Å²) in [5, 5.41) is 0. The molecule has 1 aromatic rings. The average Bonchev–Trinajstić information content (AvgIpc) is 2.32. The van der Waals surface area contributed by atoms with Crippen molar-refractivity contribution >= 4 is 11.7 Å². The zero-order chi connectivity index (χ0) is 13.2. The van der Waals surface area contributed by atoms with Gasteiger partial charge in [0.1, 0.15) is 5.82 Å². The molecule has 2 rings (SSSR count). The van der Waals surface area contributed by atoms with Gasteiger partial charge in [0.05, 0.1) is 12.5 Å². The highest BCUT2D eigenvalue weighted by Gasteiger charge is 2.46. The monoisotopic (exact) mass is 251 g/mol. The number of carbonyl (C=O) groups is 1. The van der Waals surface area contributed by atoms with Crippen molar-refractivity contribution in [2.24, 2.45) is 5.41 Å². The van der Waals surface area contributed by atoms with Gasteiger partial charge in [0.25, 0.3) is 0 Å². The Kier molecular flexibility index (Phi) is 3.55. The Morgan fingerprint density at radius 3 is 2.72 bits per heavy atom. The zero-order valence-corrected chi connectivity index (χ0v) is 10.8. The molecule has 1 saturated carbocycles. The number of hydrogen-bond acceptors (Lipinski definition) is 3. The summed E-state index contributed by atoms with van der Waals surface area (Å²) in [4.78, 5) is 13.7. The van der Waals surface area contributed by atoms with Gasteiger partial charge in [-0.15, -0.1) is 0 Å². The summed E-state index contributed by atoms with van der Waals surface area (Å²) in [6.07, 6.45) is 2.74. The molecule has 1 aromatic carbocycles. The number of carbonyl (C=O) groups excluding carboxylic acids is 1. The molecule has 0 N–H and O–H groups in total. The molecule has 3 nitrogen and oxygen atoms in total. The van der Waals surface area contributed by atoms with E-state index in [4.69, 9.17) is 4.74 Å². The number of rotatable bonds is 4. The minimum absolute atomic E-state index is 0.156. The molecule has 0 saturated heterocycles. The van der Waals surface area contributed by atoms with Crippen LogP contribution in [-0.4, -0.2) is 26.7 Å². The molecule has 0 aliphatic heterocycles. The van der Waals surface area contributed by atoms with Crippen LogP contribution in [0.25, 0.3) is 0 Å². The quantitative estimate of drug-likeness (QED) is 0.770. The molecule has 1 fully saturated rings. The predicted octanol–water partition coefficient (Wildman–Crippen LogP) is 2.61. The van der Waals surface area contributed by atoms with Gasteiger partial charge in [-0.05, 0) is 31.0 Å². The van der Waals surface area contributed by atoms with Crippen LogP contribution in [0.5, 0.6) is 0 Å². The van der Waals surface area contributed by atoms with E-state index in [2.05, 4.69) is 0 Å². The lowest BCUT2D eigenvalue weighted by molar-refractivity contribution is -0.157. The standard InChI is InChI=1S/C14H18FNO2/c1-16(12-6-3-5-11(15)9-12)10-14(7-4-8-14)13(17)18-2/h3,5-6,9H,4,7-8,10H2,1-2H3. The van der Waals surface area contributed by atoms with Gasteiger partial charge in [-0.2, -0.15) is 0 Å². The molecule has 0 unspecified atom stereocenters. The fraction of sp³-hybridized carbons (Fsp3) is 0.500. The number of esters is 1. The largest absolute Gasteiger partial charge is 0.469 e. The van der Waals surface area contributed by atoms with E-state index in [1.54, 1.807) is 6.07 Å². The second-order valence-corrected chi connectivity index (χ2v) is 4.96. The molecule has 0 heterocycles. The van der Waals surface area contributed by atoms with Gasteiger partial charge in [-0.25, -0.2) is 4.39 Å². The lowest BCUT2D eigenvalue weighted by atomic mass is 9.68. The van der Waals surface area contributed by atoms with E-state index in [-0.39, 0.29) is 11.8 Å². The molecule has 0 aromatic heterocycles. The normalized spacial score (nSPS) is 16.8. The fourth-order valence-electron chi connectivity index (χ4n) is 2.51. The molecule has 18 heavy (non-hydrogen) atoms. The summed E-state index contributed by atoms with van der Waals surface area (Å²) >= 11 is 0. The minimum atomic E-state index is -0.407. The van der Waals surface area contributed by atoms with Crippen LogP contribution < -0.4 is 4.90 Å². The predicted molar refractivity (Wildman–Crippen MR) is 68.0 cm³/mol. The fourth-order valence-corrected chi connectivity index (χ4v) is 2.51. The maximum atomic E-state index is 13.2. The molecule has 1 aliphatic rings. The summed E-state index contributed by atoms with van der Waals surface area (Å²) < 4.78 is 18.0. The van der Waals surface area contributed by atoms with Gasteiger partial charge in [0, 0.05) is 19.3 Å². The van der Waals surface area contributed by atoms with Crippen LogP contribution in [-0.2, 0) is 9.53 Å². The maximum Gasteiger partial charge on any atom is 0.313 e. The van der Waals surface area contributed by atoms with Crippen LogP contribution in [0, 0.1) is 11.2 Å². The van der Waals surface area contributed by atoms with Crippen LogP contribution in [0.4, 0.5) is 10.1 Å². The van der Waals surface area contributed by atoms with Crippen molar-refractivity contribution in [2.45, 2.75) is 19.3 Å². The van der Waals surface area contributed by atoms with E-state index < -0.39 is 5.41 Å². The highest BCUT2D eigenvalue weighted by Crippen LogP contribution is 2.43. The number of hydrogen-bond donors (Lipinski definition) is 0.